The van der Waals surface area contributed by atoms with Crippen molar-refractivity contribution in [3.63, 3.8) is 0 Å². The van der Waals surface area contributed by atoms with Crippen molar-refractivity contribution >= 4 is 17.6 Å². The number of hydrogen-bond donors (Lipinski definition) is 2. The smallest absolute Gasteiger partial charge is 0.319 e. The normalized spacial score (nSPS) is 10.4. The fraction of sp³-hybridized carbons (Fsp3) is 0.389. The van der Waals surface area contributed by atoms with Crippen LogP contribution in [0.3, 0.4) is 0 Å². The van der Waals surface area contributed by atoms with Gasteiger partial charge in [0.2, 0.25) is 5.91 Å². The van der Waals surface area contributed by atoms with Gasteiger partial charge in [0.25, 0.3) is 0 Å². The van der Waals surface area contributed by atoms with Gasteiger partial charge in [-0.05, 0) is 31.5 Å². The lowest BCUT2D eigenvalue weighted by molar-refractivity contribution is -0.129. The number of carbonyl (C=O) groups excluding carboxylic acids is 2. The van der Waals surface area contributed by atoms with E-state index in [1.165, 1.54) is 0 Å². The predicted octanol–water partition coefficient (Wildman–Crippen LogP) is 2.42. The lowest BCUT2D eigenvalue weighted by Gasteiger charge is -2.21. The first-order valence-corrected chi connectivity index (χ1v) is 8.28. The number of para-hydroxylation sites is 1. The third-order valence-corrected chi connectivity index (χ3v) is 3.98. The molecule has 0 bridgehead atoms. The summed E-state index contributed by atoms with van der Waals surface area (Å²) < 4.78 is 1.75. The van der Waals surface area contributed by atoms with Crippen LogP contribution >= 0.6 is 0 Å². The minimum atomic E-state index is -0.294. The van der Waals surface area contributed by atoms with E-state index in [9.17, 15) is 9.59 Å². The molecular weight excluding hydrogens is 318 g/mol. The van der Waals surface area contributed by atoms with E-state index in [-0.39, 0.29) is 11.9 Å². The molecule has 1 heterocycles. The summed E-state index contributed by atoms with van der Waals surface area (Å²) in [6.45, 7) is 6.86. The van der Waals surface area contributed by atoms with Gasteiger partial charge in [-0.3, -0.25) is 9.48 Å². The Labute approximate surface area is 148 Å². The number of aromatic nitrogens is 2. The van der Waals surface area contributed by atoms with Crippen LogP contribution in [-0.4, -0.2) is 33.2 Å². The van der Waals surface area contributed by atoms with Crippen LogP contribution in [0.4, 0.5) is 10.5 Å². The second kappa shape index (κ2) is 8.32. The molecule has 3 amide bonds. The Bertz CT molecular complexity index is 754. The molecule has 2 rings (SSSR count). The van der Waals surface area contributed by atoms with E-state index in [0.717, 1.165) is 17.0 Å². The average Bonchev–Trinajstić information content (AvgIpc) is 2.89. The van der Waals surface area contributed by atoms with Gasteiger partial charge in [-0.15, -0.1) is 0 Å². The van der Waals surface area contributed by atoms with Crippen LogP contribution in [0.5, 0.6) is 0 Å². The average molecular weight is 343 g/mol. The van der Waals surface area contributed by atoms with Gasteiger partial charge >= 0.3 is 6.03 Å². The van der Waals surface area contributed by atoms with E-state index >= 15 is 0 Å². The summed E-state index contributed by atoms with van der Waals surface area (Å²) >= 11 is 0. The van der Waals surface area contributed by atoms with Crippen LogP contribution < -0.4 is 10.6 Å². The molecule has 0 saturated carbocycles. The van der Waals surface area contributed by atoms with Crippen molar-refractivity contribution in [3.8, 4) is 0 Å². The summed E-state index contributed by atoms with van der Waals surface area (Å²) in [4.78, 5) is 25.6. The number of anilines is 1. The fourth-order valence-corrected chi connectivity index (χ4v) is 2.60. The highest BCUT2D eigenvalue weighted by Crippen LogP contribution is 2.17. The summed E-state index contributed by atoms with van der Waals surface area (Å²) in [6, 6.07) is 9.12. The number of amides is 3. The molecule has 0 fully saturated rings. The second-order valence-corrected chi connectivity index (χ2v) is 5.90. The lowest BCUT2D eigenvalue weighted by atomic mass is 10.1. The van der Waals surface area contributed by atoms with Crippen molar-refractivity contribution in [2.24, 2.45) is 7.05 Å². The monoisotopic (exact) mass is 343 g/mol. The maximum absolute atomic E-state index is 12.2. The number of nitrogens with zero attached hydrogens (tertiary/aromatic N) is 3. The Hall–Kier alpha value is -2.83. The predicted molar refractivity (Wildman–Crippen MR) is 97.0 cm³/mol. The fourth-order valence-electron chi connectivity index (χ4n) is 2.60. The minimum absolute atomic E-state index is 0.00771. The highest BCUT2D eigenvalue weighted by atomic mass is 16.2. The maximum Gasteiger partial charge on any atom is 0.319 e. The molecule has 0 saturated heterocycles. The van der Waals surface area contributed by atoms with Gasteiger partial charge in [0.15, 0.2) is 0 Å². The van der Waals surface area contributed by atoms with Crippen LogP contribution in [0, 0.1) is 6.92 Å². The second-order valence-electron chi connectivity index (χ2n) is 5.90. The standard InChI is InChI=1S/C18H25N5O2/c1-5-23(14(3)24)12-15-8-6-7-9-17(15)20-18(25)19-11-16-10-13(2)21-22(16)4/h6-10H,5,11-12H2,1-4H3,(H2,19,20,25). The zero-order chi connectivity index (χ0) is 18.4. The third-order valence-electron chi connectivity index (χ3n) is 3.98. The van der Waals surface area contributed by atoms with Gasteiger partial charge in [0.1, 0.15) is 0 Å². The number of aryl methyl sites for hydroxylation is 2. The number of rotatable bonds is 6. The lowest BCUT2D eigenvalue weighted by Crippen LogP contribution is -2.31. The number of benzene rings is 1. The Morgan fingerprint density at radius 1 is 1.28 bits per heavy atom. The van der Waals surface area contributed by atoms with E-state index in [1.807, 2.05) is 51.2 Å². The van der Waals surface area contributed by atoms with E-state index in [2.05, 4.69) is 15.7 Å². The van der Waals surface area contributed by atoms with E-state index in [0.29, 0.717) is 25.3 Å². The van der Waals surface area contributed by atoms with Gasteiger partial charge in [0, 0.05) is 32.7 Å². The molecule has 2 N–H and O–H groups in total. The van der Waals surface area contributed by atoms with Crippen LogP contribution in [0.2, 0.25) is 0 Å². The van der Waals surface area contributed by atoms with Crippen molar-refractivity contribution in [2.45, 2.75) is 33.9 Å². The molecule has 0 aliphatic heterocycles. The summed E-state index contributed by atoms with van der Waals surface area (Å²) in [6.07, 6.45) is 0. The SMILES string of the molecule is CCN(Cc1ccccc1NC(=O)NCc1cc(C)nn1C)C(C)=O. The molecule has 134 valence electrons. The first kappa shape index (κ1) is 18.5. The van der Waals surface area contributed by atoms with Crippen molar-refractivity contribution in [2.75, 3.05) is 11.9 Å². The molecule has 1 aromatic heterocycles. The molecule has 0 spiro atoms. The third kappa shape index (κ3) is 5.07. The van der Waals surface area contributed by atoms with Gasteiger partial charge in [-0.2, -0.15) is 5.10 Å². The summed E-state index contributed by atoms with van der Waals surface area (Å²) in [5.74, 6) is 0.00771. The maximum atomic E-state index is 12.2. The summed E-state index contributed by atoms with van der Waals surface area (Å²) in [7, 11) is 1.85. The topological polar surface area (TPSA) is 79.3 Å². The first-order chi connectivity index (χ1) is 11.9. The molecule has 2 aromatic rings. The van der Waals surface area contributed by atoms with Gasteiger partial charge in [-0.25, -0.2) is 4.79 Å². The molecule has 0 aliphatic carbocycles. The largest absolute Gasteiger partial charge is 0.339 e. The number of urea groups is 1. The van der Waals surface area contributed by atoms with Gasteiger partial charge < -0.3 is 15.5 Å². The molecule has 7 heteroatoms. The highest BCUT2D eigenvalue weighted by molar-refractivity contribution is 5.90. The highest BCUT2D eigenvalue weighted by Gasteiger charge is 2.12. The van der Waals surface area contributed by atoms with Crippen molar-refractivity contribution in [3.05, 3.63) is 47.3 Å². The number of carbonyl (C=O) groups is 2. The van der Waals surface area contributed by atoms with Crippen LogP contribution in [-0.2, 0) is 24.9 Å². The summed E-state index contributed by atoms with van der Waals surface area (Å²) in [5.41, 5.74) is 3.43. The van der Waals surface area contributed by atoms with Crippen molar-refractivity contribution < 1.29 is 9.59 Å². The summed E-state index contributed by atoms with van der Waals surface area (Å²) in [5, 5.41) is 9.94. The molecule has 0 atom stereocenters. The first-order valence-electron chi connectivity index (χ1n) is 8.28. The Morgan fingerprint density at radius 2 is 2.00 bits per heavy atom. The molecule has 0 radical (unpaired) electrons. The molecule has 0 aliphatic rings. The number of nitrogens with one attached hydrogen (secondary N) is 2. The molecular formula is C18H25N5O2. The van der Waals surface area contributed by atoms with Crippen molar-refractivity contribution in [1.82, 2.24) is 20.0 Å². The molecule has 25 heavy (non-hydrogen) atoms. The molecule has 1 aromatic carbocycles. The van der Waals surface area contributed by atoms with Gasteiger partial charge in [-0.1, -0.05) is 18.2 Å². The molecule has 7 nitrogen and oxygen atoms in total. The van der Waals surface area contributed by atoms with Crippen LogP contribution in [0.15, 0.2) is 30.3 Å². The Balaban J connectivity index is 2.00. The number of hydrogen-bond acceptors (Lipinski definition) is 3. The van der Waals surface area contributed by atoms with Gasteiger partial charge in [0.05, 0.1) is 17.9 Å². The quantitative estimate of drug-likeness (QED) is 0.845. The van der Waals surface area contributed by atoms with Crippen molar-refractivity contribution in [1.29, 1.82) is 0 Å². The van der Waals surface area contributed by atoms with E-state index < -0.39 is 0 Å². The zero-order valence-electron chi connectivity index (χ0n) is 15.2. The Kier molecular flexibility index (Phi) is 6.16. The van der Waals surface area contributed by atoms with E-state index in [1.54, 1.807) is 16.5 Å². The molecule has 0 unspecified atom stereocenters. The zero-order valence-corrected chi connectivity index (χ0v) is 15.2. The van der Waals surface area contributed by atoms with Crippen LogP contribution in [0.1, 0.15) is 30.8 Å². The Morgan fingerprint density at radius 3 is 2.60 bits per heavy atom. The van der Waals surface area contributed by atoms with E-state index in [4.69, 9.17) is 0 Å². The van der Waals surface area contributed by atoms with Crippen LogP contribution in [0.25, 0.3) is 0 Å². The minimum Gasteiger partial charge on any atom is -0.339 e.